The molecule has 0 aliphatic carbocycles. The molecule has 26 heavy (non-hydrogen) atoms. The Hall–Kier alpha value is -3.17. The van der Waals surface area contributed by atoms with E-state index in [1.165, 1.54) is 27.1 Å². The van der Waals surface area contributed by atoms with Crippen molar-refractivity contribution in [1.29, 1.82) is 0 Å². The van der Waals surface area contributed by atoms with Gasteiger partial charge in [0.1, 0.15) is 0 Å². The summed E-state index contributed by atoms with van der Waals surface area (Å²) in [6.07, 6.45) is 2.94. The van der Waals surface area contributed by atoms with Crippen LogP contribution in [0.15, 0.2) is 77.8 Å². The number of hydroxylamine groups is 1. The van der Waals surface area contributed by atoms with Crippen molar-refractivity contribution in [2.75, 3.05) is 0 Å². The number of nitrogens with zero attached hydrogens (tertiary/aromatic N) is 1. The molecule has 124 valence electrons. The summed E-state index contributed by atoms with van der Waals surface area (Å²) in [5.41, 5.74) is 3.85. The summed E-state index contributed by atoms with van der Waals surface area (Å²) in [5.74, 6) is 0.887. The first-order chi connectivity index (χ1) is 12.8. The second-order valence-corrected chi connectivity index (χ2v) is 7.04. The highest BCUT2D eigenvalue weighted by atomic mass is 16.7. The third kappa shape index (κ3) is 1.89. The average molecular weight is 336 g/mol. The monoisotopic (exact) mass is 336 g/mol. The minimum Gasteiger partial charge on any atom is -0.406 e. The fraction of sp³-hybridized carbons (Fsp3) is 0.0870. The van der Waals surface area contributed by atoms with Gasteiger partial charge >= 0.3 is 0 Å². The normalized spacial score (nSPS) is 20.3. The lowest BCUT2D eigenvalue weighted by Crippen LogP contribution is -2.48. The van der Waals surface area contributed by atoms with E-state index < -0.39 is 5.66 Å². The molecule has 2 aliphatic rings. The zero-order chi connectivity index (χ0) is 17.1. The Morgan fingerprint density at radius 3 is 2.62 bits per heavy atom. The molecule has 1 unspecified atom stereocenters. The van der Waals surface area contributed by atoms with E-state index in [0.717, 1.165) is 22.7 Å². The van der Waals surface area contributed by atoms with Gasteiger partial charge in [0.05, 0.1) is 5.36 Å². The molecule has 0 radical (unpaired) electrons. The van der Waals surface area contributed by atoms with Crippen molar-refractivity contribution in [3.8, 4) is 5.75 Å². The van der Waals surface area contributed by atoms with E-state index in [2.05, 4.69) is 66.2 Å². The zero-order valence-electron chi connectivity index (χ0n) is 14.1. The first kappa shape index (κ1) is 14.0. The van der Waals surface area contributed by atoms with Crippen molar-refractivity contribution < 1.29 is 4.84 Å². The number of para-hydroxylation sites is 1. The number of benzene rings is 4. The summed E-state index contributed by atoms with van der Waals surface area (Å²) >= 11 is 0. The van der Waals surface area contributed by atoms with Crippen LogP contribution in [0.25, 0.3) is 27.6 Å². The summed E-state index contributed by atoms with van der Waals surface area (Å²) in [4.78, 5) is 10.9. The molecule has 4 aromatic carbocycles. The largest absolute Gasteiger partial charge is 0.406 e. The van der Waals surface area contributed by atoms with Gasteiger partial charge < -0.3 is 4.84 Å². The predicted molar refractivity (Wildman–Crippen MR) is 103 cm³/mol. The van der Waals surface area contributed by atoms with Gasteiger partial charge in [0.15, 0.2) is 11.4 Å². The highest BCUT2D eigenvalue weighted by Crippen LogP contribution is 2.38. The summed E-state index contributed by atoms with van der Waals surface area (Å²) in [6, 6.07) is 25.3. The lowest BCUT2D eigenvalue weighted by molar-refractivity contribution is 0.108. The maximum Gasteiger partial charge on any atom is 0.166 e. The van der Waals surface area contributed by atoms with Crippen molar-refractivity contribution in [3.05, 3.63) is 88.9 Å². The molecule has 3 nitrogen and oxygen atoms in total. The molecular formula is C23H16N2O. The van der Waals surface area contributed by atoms with Crippen molar-refractivity contribution >= 4 is 27.6 Å². The summed E-state index contributed by atoms with van der Waals surface area (Å²) in [7, 11) is 0. The Bertz CT molecular complexity index is 1290. The quantitative estimate of drug-likeness (QED) is 0.500. The minimum absolute atomic E-state index is 0.531. The maximum atomic E-state index is 5.94. The van der Waals surface area contributed by atoms with E-state index in [1.54, 1.807) is 0 Å². The lowest BCUT2D eigenvalue weighted by Gasteiger charge is -2.32. The third-order valence-electron chi connectivity index (χ3n) is 5.43. The van der Waals surface area contributed by atoms with E-state index in [1.807, 2.05) is 18.2 Å². The van der Waals surface area contributed by atoms with Crippen molar-refractivity contribution in [1.82, 2.24) is 5.48 Å². The average Bonchev–Trinajstić information content (AvgIpc) is 3.05. The Kier molecular flexibility index (Phi) is 2.66. The number of hydrogen-bond acceptors (Lipinski definition) is 3. The number of rotatable bonds is 0. The van der Waals surface area contributed by atoms with Crippen LogP contribution in [-0.4, -0.2) is 5.66 Å². The second-order valence-electron chi connectivity index (χ2n) is 7.04. The van der Waals surface area contributed by atoms with Crippen LogP contribution in [0.4, 0.5) is 0 Å². The maximum absolute atomic E-state index is 5.94. The van der Waals surface area contributed by atoms with Crippen LogP contribution >= 0.6 is 0 Å². The van der Waals surface area contributed by atoms with E-state index >= 15 is 0 Å². The molecule has 2 heterocycles. The molecule has 0 saturated carbocycles. The molecular weight excluding hydrogens is 320 g/mol. The Balaban J connectivity index is 1.59. The fourth-order valence-electron chi connectivity index (χ4n) is 4.22. The molecule has 0 aromatic heterocycles. The van der Waals surface area contributed by atoms with Gasteiger partial charge in [-0.2, -0.15) is 0 Å². The van der Waals surface area contributed by atoms with Gasteiger partial charge in [0, 0.05) is 12.0 Å². The first-order valence-corrected chi connectivity index (χ1v) is 8.87. The highest BCUT2D eigenvalue weighted by molar-refractivity contribution is 6.09. The molecule has 1 atom stereocenters. The summed E-state index contributed by atoms with van der Waals surface area (Å²) in [5, 5.41) is 7.19. The Morgan fingerprint density at radius 2 is 1.65 bits per heavy atom. The lowest BCUT2D eigenvalue weighted by atomic mass is 9.91. The summed E-state index contributed by atoms with van der Waals surface area (Å²) in [6.45, 7) is 0. The fourth-order valence-corrected chi connectivity index (χ4v) is 4.22. The molecule has 6 rings (SSSR count). The van der Waals surface area contributed by atoms with Gasteiger partial charge in [-0.3, -0.25) is 4.99 Å². The minimum atomic E-state index is -0.531. The smallest absolute Gasteiger partial charge is 0.166 e. The Labute approximate surface area is 150 Å². The number of hydrogen-bond donors (Lipinski definition) is 1. The third-order valence-corrected chi connectivity index (χ3v) is 5.43. The molecule has 1 N–H and O–H groups in total. The van der Waals surface area contributed by atoms with Crippen LogP contribution in [-0.2, 0) is 6.42 Å². The van der Waals surface area contributed by atoms with Crippen LogP contribution in [0, 0.1) is 0 Å². The number of nitrogens with one attached hydrogen (secondary N) is 1. The van der Waals surface area contributed by atoms with Crippen LogP contribution in [0.3, 0.4) is 0 Å². The van der Waals surface area contributed by atoms with Gasteiger partial charge in [0.2, 0.25) is 0 Å². The van der Waals surface area contributed by atoms with Gasteiger partial charge in [-0.25, -0.2) is 0 Å². The van der Waals surface area contributed by atoms with Crippen LogP contribution in [0.5, 0.6) is 5.75 Å². The van der Waals surface area contributed by atoms with Crippen molar-refractivity contribution in [2.45, 2.75) is 12.1 Å². The molecule has 0 amide bonds. The van der Waals surface area contributed by atoms with Crippen molar-refractivity contribution in [2.24, 2.45) is 4.99 Å². The molecule has 1 spiro atoms. The molecule has 0 saturated heterocycles. The molecule has 4 aromatic rings. The molecule has 0 fully saturated rings. The Morgan fingerprint density at radius 1 is 0.808 bits per heavy atom. The van der Waals surface area contributed by atoms with Gasteiger partial charge in [-0.15, -0.1) is 5.48 Å². The van der Waals surface area contributed by atoms with Crippen LogP contribution < -0.4 is 20.9 Å². The SMILES string of the molecule is C1=c2ccccc2=NC12Cc1c(ccc3c1ccc1ccccc13)ON2. The van der Waals surface area contributed by atoms with Gasteiger partial charge in [-0.05, 0) is 51.0 Å². The number of fused-ring (bicyclic) bond motifs is 6. The van der Waals surface area contributed by atoms with Gasteiger partial charge in [-0.1, -0.05) is 54.6 Å². The molecule has 2 aliphatic heterocycles. The van der Waals surface area contributed by atoms with Crippen LogP contribution in [0.1, 0.15) is 5.56 Å². The van der Waals surface area contributed by atoms with E-state index in [0.29, 0.717) is 0 Å². The van der Waals surface area contributed by atoms with E-state index in [4.69, 9.17) is 9.83 Å². The van der Waals surface area contributed by atoms with E-state index in [9.17, 15) is 0 Å². The van der Waals surface area contributed by atoms with Gasteiger partial charge in [0.25, 0.3) is 0 Å². The van der Waals surface area contributed by atoms with Crippen molar-refractivity contribution in [3.63, 3.8) is 0 Å². The summed E-state index contributed by atoms with van der Waals surface area (Å²) < 4.78 is 0. The second kappa shape index (κ2) is 4.93. The van der Waals surface area contributed by atoms with Crippen LogP contribution in [0.2, 0.25) is 0 Å². The van der Waals surface area contributed by atoms with E-state index in [-0.39, 0.29) is 0 Å². The predicted octanol–water partition coefficient (Wildman–Crippen LogP) is 3.24. The topological polar surface area (TPSA) is 33.6 Å². The standard InChI is InChI=1S/C23H16N2O/c1-3-7-17-15(5-1)9-10-19-18(17)11-12-22-20(19)14-23(25-26-22)13-16-6-2-4-8-21(16)24-23/h1-13,25H,14H2. The first-order valence-electron chi connectivity index (χ1n) is 8.87. The zero-order valence-corrected chi connectivity index (χ0v) is 14.1. The molecule has 0 bridgehead atoms. The molecule has 3 heteroatoms. The highest BCUT2D eigenvalue weighted by Gasteiger charge is 2.36.